The zero-order valence-corrected chi connectivity index (χ0v) is 8.79. The SMILES string of the molecule is CN(C(=O)OCC(F)(F)F)c1cccc(F)c1. The second-order valence-electron chi connectivity index (χ2n) is 3.21. The Hall–Kier alpha value is -1.79. The maximum absolute atomic E-state index is 12.8. The summed E-state index contributed by atoms with van der Waals surface area (Å²) in [5, 5.41) is 0. The van der Waals surface area contributed by atoms with Gasteiger partial charge in [-0.25, -0.2) is 9.18 Å². The Morgan fingerprint density at radius 2 is 2.06 bits per heavy atom. The minimum absolute atomic E-state index is 0.108. The van der Waals surface area contributed by atoms with Crippen molar-refractivity contribution < 1.29 is 27.1 Å². The molecule has 3 nitrogen and oxygen atoms in total. The van der Waals surface area contributed by atoms with E-state index in [-0.39, 0.29) is 5.69 Å². The van der Waals surface area contributed by atoms with Gasteiger partial charge in [0, 0.05) is 12.7 Å². The molecule has 7 heteroatoms. The van der Waals surface area contributed by atoms with Gasteiger partial charge in [-0.2, -0.15) is 13.2 Å². The highest BCUT2D eigenvalue weighted by Gasteiger charge is 2.30. The quantitative estimate of drug-likeness (QED) is 0.756. The van der Waals surface area contributed by atoms with Crippen molar-refractivity contribution >= 4 is 11.8 Å². The van der Waals surface area contributed by atoms with Gasteiger partial charge in [0.2, 0.25) is 0 Å². The molecule has 0 aromatic heterocycles. The highest BCUT2D eigenvalue weighted by molar-refractivity contribution is 5.86. The molecular weight excluding hydrogens is 242 g/mol. The number of hydrogen-bond donors (Lipinski definition) is 0. The zero-order chi connectivity index (χ0) is 13.1. The lowest BCUT2D eigenvalue weighted by Crippen LogP contribution is -2.30. The van der Waals surface area contributed by atoms with Crippen LogP contribution in [-0.4, -0.2) is 25.9 Å². The largest absolute Gasteiger partial charge is 0.440 e. The lowest BCUT2D eigenvalue weighted by molar-refractivity contribution is -0.159. The van der Waals surface area contributed by atoms with E-state index in [1.165, 1.54) is 19.2 Å². The van der Waals surface area contributed by atoms with Gasteiger partial charge < -0.3 is 4.74 Å². The summed E-state index contributed by atoms with van der Waals surface area (Å²) in [6.45, 7) is -1.68. The molecule has 0 spiro atoms. The molecule has 0 N–H and O–H groups in total. The first kappa shape index (κ1) is 13.3. The Morgan fingerprint density at radius 3 is 2.59 bits per heavy atom. The summed E-state index contributed by atoms with van der Waals surface area (Å²) < 4.78 is 52.2. The number of anilines is 1. The summed E-state index contributed by atoms with van der Waals surface area (Å²) in [6.07, 6.45) is -5.79. The molecule has 1 amide bonds. The van der Waals surface area contributed by atoms with Gasteiger partial charge in [0.25, 0.3) is 0 Å². The number of rotatable bonds is 2. The monoisotopic (exact) mass is 251 g/mol. The van der Waals surface area contributed by atoms with Crippen LogP contribution in [0.15, 0.2) is 24.3 Å². The molecule has 0 aliphatic rings. The van der Waals surface area contributed by atoms with E-state index >= 15 is 0 Å². The van der Waals surface area contributed by atoms with Crippen molar-refractivity contribution in [2.75, 3.05) is 18.6 Å². The third-order valence-electron chi connectivity index (χ3n) is 1.83. The average molecular weight is 251 g/mol. The predicted octanol–water partition coefficient (Wildman–Crippen LogP) is 2.96. The lowest BCUT2D eigenvalue weighted by atomic mass is 10.3. The molecule has 0 saturated carbocycles. The number of alkyl halides is 3. The molecule has 0 heterocycles. The third kappa shape index (κ3) is 4.29. The first-order valence-corrected chi connectivity index (χ1v) is 4.52. The standard InChI is InChI=1S/C10H9F4NO2/c1-15(8-4-2-3-7(11)5-8)9(16)17-6-10(12,13)14/h2-5H,6H2,1H3. The van der Waals surface area contributed by atoms with Crippen LogP contribution in [-0.2, 0) is 4.74 Å². The molecule has 94 valence electrons. The van der Waals surface area contributed by atoms with Crippen LogP contribution in [0.4, 0.5) is 28.0 Å². The van der Waals surface area contributed by atoms with Crippen molar-refractivity contribution in [1.82, 2.24) is 0 Å². The summed E-state index contributed by atoms with van der Waals surface area (Å²) >= 11 is 0. The molecule has 0 aliphatic heterocycles. The van der Waals surface area contributed by atoms with E-state index in [1.54, 1.807) is 0 Å². The highest BCUT2D eigenvalue weighted by atomic mass is 19.4. The maximum Gasteiger partial charge on any atom is 0.422 e. The van der Waals surface area contributed by atoms with E-state index in [1.807, 2.05) is 0 Å². The normalized spacial score (nSPS) is 11.1. The second kappa shape index (κ2) is 5.03. The fraction of sp³-hybridized carbons (Fsp3) is 0.300. The smallest absolute Gasteiger partial charge is 0.422 e. The van der Waals surface area contributed by atoms with Crippen molar-refractivity contribution in [1.29, 1.82) is 0 Å². The van der Waals surface area contributed by atoms with Gasteiger partial charge in [-0.05, 0) is 18.2 Å². The number of benzene rings is 1. The first-order chi connectivity index (χ1) is 7.79. The molecule has 1 rings (SSSR count). The van der Waals surface area contributed by atoms with E-state index in [0.717, 1.165) is 17.0 Å². The number of carbonyl (C=O) groups excluding carboxylic acids is 1. The molecule has 1 aromatic carbocycles. The Balaban J connectivity index is 2.64. The molecule has 17 heavy (non-hydrogen) atoms. The Bertz CT molecular complexity index is 406. The summed E-state index contributed by atoms with van der Waals surface area (Å²) in [6, 6.07) is 4.86. The predicted molar refractivity (Wildman–Crippen MR) is 52.2 cm³/mol. The number of amides is 1. The van der Waals surface area contributed by atoms with Crippen LogP contribution in [0.2, 0.25) is 0 Å². The summed E-state index contributed by atoms with van der Waals surface area (Å²) in [5.74, 6) is -0.599. The Kier molecular flexibility index (Phi) is 3.93. The average Bonchev–Trinajstić information content (AvgIpc) is 2.24. The number of carbonyl (C=O) groups is 1. The maximum atomic E-state index is 12.8. The van der Waals surface area contributed by atoms with Gasteiger partial charge in [0.15, 0.2) is 6.61 Å². The molecule has 0 fully saturated rings. The summed E-state index contributed by atoms with van der Waals surface area (Å²) in [5.41, 5.74) is 0.108. The van der Waals surface area contributed by atoms with E-state index in [2.05, 4.69) is 4.74 Å². The van der Waals surface area contributed by atoms with Crippen LogP contribution < -0.4 is 4.90 Å². The summed E-state index contributed by atoms with van der Waals surface area (Å²) in [4.78, 5) is 12.0. The van der Waals surface area contributed by atoms with E-state index in [9.17, 15) is 22.4 Å². The fourth-order valence-corrected chi connectivity index (χ4v) is 1.03. The van der Waals surface area contributed by atoms with E-state index in [4.69, 9.17) is 0 Å². The Labute approximate surface area is 94.6 Å². The van der Waals surface area contributed by atoms with Gasteiger partial charge in [-0.15, -0.1) is 0 Å². The molecule has 0 aliphatic carbocycles. The van der Waals surface area contributed by atoms with Gasteiger partial charge in [0.05, 0.1) is 0 Å². The van der Waals surface area contributed by atoms with Gasteiger partial charge in [-0.3, -0.25) is 4.90 Å². The molecular formula is C10H9F4NO2. The highest BCUT2D eigenvalue weighted by Crippen LogP contribution is 2.18. The third-order valence-corrected chi connectivity index (χ3v) is 1.83. The van der Waals surface area contributed by atoms with Crippen molar-refractivity contribution in [3.63, 3.8) is 0 Å². The minimum Gasteiger partial charge on any atom is -0.440 e. The van der Waals surface area contributed by atoms with Crippen LogP contribution >= 0.6 is 0 Å². The lowest BCUT2D eigenvalue weighted by Gasteiger charge is -2.17. The molecule has 0 atom stereocenters. The van der Waals surface area contributed by atoms with Crippen LogP contribution in [0, 0.1) is 5.82 Å². The number of nitrogens with zero attached hydrogens (tertiary/aromatic N) is 1. The van der Waals surface area contributed by atoms with Crippen LogP contribution in [0.25, 0.3) is 0 Å². The fourth-order valence-electron chi connectivity index (χ4n) is 1.03. The van der Waals surface area contributed by atoms with Crippen molar-refractivity contribution in [2.45, 2.75) is 6.18 Å². The first-order valence-electron chi connectivity index (χ1n) is 4.52. The minimum atomic E-state index is -4.58. The topological polar surface area (TPSA) is 29.5 Å². The number of ether oxygens (including phenoxy) is 1. The van der Waals surface area contributed by atoms with Crippen molar-refractivity contribution in [3.8, 4) is 0 Å². The summed E-state index contributed by atoms with van der Waals surface area (Å²) in [7, 11) is 1.19. The molecule has 0 bridgehead atoms. The number of hydrogen-bond acceptors (Lipinski definition) is 2. The van der Waals surface area contributed by atoms with Crippen molar-refractivity contribution in [2.24, 2.45) is 0 Å². The Morgan fingerprint density at radius 1 is 1.41 bits per heavy atom. The van der Waals surface area contributed by atoms with E-state index in [0.29, 0.717) is 0 Å². The van der Waals surface area contributed by atoms with Crippen molar-refractivity contribution in [3.05, 3.63) is 30.1 Å². The van der Waals surface area contributed by atoms with E-state index < -0.39 is 24.7 Å². The second-order valence-corrected chi connectivity index (χ2v) is 3.21. The molecule has 1 aromatic rings. The molecule has 0 unspecified atom stereocenters. The number of halogens is 4. The van der Waals surface area contributed by atoms with Crippen LogP contribution in [0.3, 0.4) is 0 Å². The zero-order valence-electron chi connectivity index (χ0n) is 8.79. The molecule has 0 saturated heterocycles. The van der Waals surface area contributed by atoms with Crippen LogP contribution in [0.5, 0.6) is 0 Å². The van der Waals surface area contributed by atoms with Gasteiger partial charge >= 0.3 is 12.3 Å². The van der Waals surface area contributed by atoms with Crippen LogP contribution in [0.1, 0.15) is 0 Å². The van der Waals surface area contributed by atoms with Gasteiger partial charge in [0.1, 0.15) is 5.82 Å². The molecule has 0 radical (unpaired) electrons. The van der Waals surface area contributed by atoms with Gasteiger partial charge in [-0.1, -0.05) is 6.07 Å².